The highest BCUT2D eigenvalue weighted by Gasteiger charge is 2.07. The minimum absolute atomic E-state index is 0.00932. The van der Waals surface area contributed by atoms with Gasteiger partial charge in [0.2, 0.25) is 0 Å². The number of carbonyl (C=O) groups is 1. The molecule has 1 amide bonds. The number of carbonyl (C=O) groups excluding carboxylic acids is 1. The van der Waals surface area contributed by atoms with Gasteiger partial charge < -0.3 is 10.2 Å². The highest BCUT2D eigenvalue weighted by atomic mass is 16.1. The second kappa shape index (κ2) is 8.35. The van der Waals surface area contributed by atoms with Gasteiger partial charge in [0, 0.05) is 18.7 Å². The standard InChI is InChI=1S/C19H24N2O/c1-3-21(4-2)14-13-20-19(22)18-12-8-11-17(15-18)16-9-6-5-7-10-16/h5-12,15H,3-4,13-14H2,1-2H3,(H,20,22). The van der Waals surface area contributed by atoms with Crippen molar-refractivity contribution in [3.8, 4) is 11.1 Å². The molecule has 0 heterocycles. The molecule has 0 radical (unpaired) electrons. The Bertz CT molecular complexity index is 591. The van der Waals surface area contributed by atoms with Gasteiger partial charge in [-0.3, -0.25) is 4.79 Å². The van der Waals surface area contributed by atoms with Crippen molar-refractivity contribution in [2.45, 2.75) is 13.8 Å². The normalized spacial score (nSPS) is 10.7. The number of likely N-dealkylation sites (N-methyl/N-ethyl adjacent to an activating group) is 1. The summed E-state index contributed by atoms with van der Waals surface area (Å²) in [7, 11) is 0. The van der Waals surface area contributed by atoms with Gasteiger partial charge in [0.25, 0.3) is 5.91 Å². The first-order valence-corrected chi connectivity index (χ1v) is 7.90. The predicted octanol–water partition coefficient (Wildman–Crippen LogP) is 3.43. The third kappa shape index (κ3) is 4.43. The fraction of sp³-hybridized carbons (Fsp3) is 0.316. The summed E-state index contributed by atoms with van der Waals surface area (Å²) in [6.45, 7) is 7.85. The van der Waals surface area contributed by atoms with Crippen molar-refractivity contribution in [3.05, 3.63) is 60.2 Å². The maximum Gasteiger partial charge on any atom is 0.251 e. The largest absolute Gasteiger partial charge is 0.351 e. The van der Waals surface area contributed by atoms with Crippen molar-refractivity contribution in [2.75, 3.05) is 26.2 Å². The zero-order valence-corrected chi connectivity index (χ0v) is 13.4. The number of benzene rings is 2. The van der Waals surface area contributed by atoms with Crippen LogP contribution in [0.5, 0.6) is 0 Å². The summed E-state index contributed by atoms with van der Waals surface area (Å²) in [5.41, 5.74) is 2.90. The molecule has 0 aliphatic heterocycles. The van der Waals surface area contributed by atoms with Crippen LogP contribution < -0.4 is 5.32 Å². The lowest BCUT2D eigenvalue weighted by Gasteiger charge is -2.18. The van der Waals surface area contributed by atoms with E-state index in [1.807, 2.05) is 42.5 Å². The Balaban J connectivity index is 1.99. The number of hydrogen-bond donors (Lipinski definition) is 1. The molecule has 116 valence electrons. The third-order valence-corrected chi connectivity index (χ3v) is 3.84. The van der Waals surface area contributed by atoms with Crippen molar-refractivity contribution in [1.82, 2.24) is 10.2 Å². The Morgan fingerprint density at radius 1 is 0.955 bits per heavy atom. The van der Waals surface area contributed by atoms with E-state index in [1.54, 1.807) is 0 Å². The average Bonchev–Trinajstić information content (AvgIpc) is 2.59. The molecular weight excluding hydrogens is 272 g/mol. The average molecular weight is 296 g/mol. The molecule has 22 heavy (non-hydrogen) atoms. The highest BCUT2D eigenvalue weighted by molar-refractivity contribution is 5.95. The molecule has 2 aromatic rings. The van der Waals surface area contributed by atoms with Crippen LogP contribution in [0.25, 0.3) is 11.1 Å². The molecule has 0 aromatic heterocycles. The lowest BCUT2D eigenvalue weighted by Crippen LogP contribution is -2.34. The van der Waals surface area contributed by atoms with Gasteiger partial charge in [-0.05, 0) is 36.3 Å². The summed E-state index contributed by atoms with van der Waals surface area (Å²) in [6, 6.07) is 17.9. The molecule has 2 rings (SSSR count). The van der Waals surface area contributed by atoms with Crippen LogP contribution in [0.3, 0.4) is 0 Å². The maximum absolute atomic E-state index is 12.3. The summed E-state index contributed by atoms with van der Waals surface area (Å²) >= 11 is 0. The Morgan fingerprint density at radius 3 is 2.32 bits per heavy atom. The third-order valence-electron chi connectivity index (χ3n) is 3.84. The van der Waals surface area contributed by atoms with Gasteiger partial charge >= 0.3 is 0 Å². The van der Waals surface area contributed by atoms with Crippen molar-refractivity contribution in [3.63, 3.8) is 0 Å². The van der Waals surface area contributed by atoms with Crippen LogP contribution in [-0.2, 0) is 0 Å². The van der Waals surface area contributed by atoms with Crippen LogP contribution in [0.15, 0.2) is 54.6 Å². The molecule has 0 saturated heterocycles. The fourth-order valence-electron chi connectivity index (χ4n) is 2.44. The van der Waals surface area contributed by atoms with E-state index in [0.29, 0.717) is 12.1 Å². The molecular formula is C19H24N2O. The molecule has 0 atom stereocenters. The van der Waals surface area contributed by atoms with Gasteiger partial charge in [0.05, 0.1) is 0 Å². The van der Waals surface area contributed by atoms with Crippen LogP contribution in [0.1, 0.15) is 24.2 Å². The van der Waals surface area contributed by atoms with Gasteiger partial charge in [0.15, 0.2) is 0 Å². The Morgan fingerprint density at radius 2 is 1.64 bits per heavy atom. The molecule has 0 unspecified atom stereocenters. The van der Waals surface area contributed by atoms with E-state index in [9.17, 15) is 4.79 Å². The van der Waals surface area contributed by atoms with Crippen molar-refractivity contribution >= 4 is 5.91 Å². The van der Waals surface area contributed by atoms with E-state index >= 15 is 0 Å². The van der Waals surface area contributed by atoms with Gasteiger partial charge in [-0.1, -0.05) is 56.3 Å². The number of hydrogen-bond acceptors (Lipinski definition) is 2. The minimum Gasteiger partial charge on any atom is -0.351 e. The molecule has 2 aromatic carbocycles. The van der Waals surface area contributed by atoms with Crippen molar-refractivity contribution < 1.29 is 4.79 Å². The second-order valence-electron chi connectivity index (χ2n) is 5.23. The zero-order valence-electron chi connectivity index (χ0n) is 13.4. The molecule has 0 aliphatic rings. The van der Waals surface area contributed by atoms with E-state index in [-0.39, 0.29) is 5.91 Å². The lowest BCUT2D eigenvalue weighted by atomic mass is 10.0. The Labute approximate surface area is 133 Å². The first-order chi connectivity index (χ1) is 10.7. The molecule has 0 spiro atoms. The van der Waals surface area contributed by atoms with Gasteiger partial charge in [-0.15, -0.1) is 0 Å². The fourth-order valence-corrected chi connectivity index (χ4v) is 2.44. The summed E-state index contributed by atoms with van der Waals surface area (Å²) in [4.78, 5) is 14.5. The maximum atomic E-state index is 12.3. The van der Waals surface area contributed by atoms with Gasteiger partial charge in [-0.25, -0.2) is 0 Å². The zero-order chi connectivity index (χ0) is 15.8. The van der Waals surface area contributed by atoms with Crippen LogP contribution >= 0.6 is 0 Å². The molecule has 1 N–H and O–H groups in total. The molecule has 3 nitrogen and oxygen atoms in total. The predicted molar refractivity (Wildman–Crippen MR) is 92.0 cm³/mol. The van der Waals surface area contributed by atoms with E-state index in [2.05, 4.69) is 36.2 Å². The van der Waals surface area contributed by atoms with E-state index < -0.39 is 0 Å². The second-order valence-corrected chi connectivity index (χ2v) is 5.23. The minimum atomic E-state index is -0.00932. The monoisotopic (exact) mass is 296 g/mol. The summed E-state index contributed by atoms with van der Waals surface area (Å²) in [5.74, 6) is -0.00932. The van der Waals surface area contributed by atoms with Crippen molar-refractivity contribution in [1.29, 1.82) is 0 Å². The van der Waals surface area contributed by atoms with Crippen molar-refractivity contribution in [2.24, 2.45) is 0 Å². The first kappa shape index (κ1) is 16.2. The van der Waals surface area contributed by atoms with Crippen LogP contribution in [-0.4, -0.2) is 37.0 Å². The number of amides is 1. The van der Waals surface area contributed by atoms with E-state index in [0.717, 1.165) is 30.8 Å². The SMILES string of the molecule is CCN(CC)CCNC(=O)c1cccc(-c2ccccc2)c1. The molecule has 0 fully saturated rings. The molecule has 0 saturated carbocycles. The molecule has 3 heteroatoms. The number of nitrogens with one attached hydrogen (secondary N) is 1. The van der Waals surface area contributed by atoms with Gasteiger partial charge in [-0.2, -0.15) is 0 Å². The number of nitrogens with zero attached hydrogens (tertiary/aromatic N) is 1. The van der Waals surface area contributed by atoms with Crippen LogP contribution in [0.2, 0.25) is 0 Å². The summed E-state index contributed by atoms with van der Waals surface area (Å²) in [5, 5.41) is 3.00. The Hall–Kier alpha value is -2.13. The summed E-state index contributed by atoms with van der Waals surface area (Å²) < 4.78 is 0. The quantitative estimate of drug-likeness (QED) is 0.849. The summed E-state index contributed by atoms with van der Waals surface area (Å²) in [6.07, 6.45) is 0. The highest BCUT2D eigenvalue weighted by Crippen LogP contribution is 2.19. The molecule has 0 bridgehead atoms. The first-order valence-electron chi connectivity index (χ1n) is 7.90. The van der Waals surface area contributed by atoms with E-state index in [1.165, 1.54) is 0 Å². The van der Waals surface area contributed by atoms with Crippen LogP contribution in [0, 0.1) is 0 Å². The van der Waals surface area contributed by atoms with E-state index in [4.69, 9.17) is 0 Å². The smallest absolute Gasteiger partial charge is 0.251 e. The Kier molecular flexibility index (Phi) is 6.16. The topological polar surface area (TPSA) is 32.3 Å². The molecule has 0 aliphatic carbocycles. The lowest BCUT2D eigenvalue weighted by molar-refractivity contribution is 0.0949. The number of rotatable bonds is 7. The van der Waals surface area contributed by atoms with Crippen LogP contribution in [0.4, 0.5) is 0 Å². The van der Waals surface area contributed by atoms with Gasteiger partial charge in [0.1, 0.15) is 0 Å².